The Labute approximate surface area is 84.5 Å². The van der Waals surface area contributed by atoms with Crippen molar-refractivity contribution in [3.8, 4) is 5.75 Å². The van der Waals surface area contributed by atoms with Gasteiger partial charge in [0.25, 0.3) is 0 Å². The van der Waals surface area contributed by atoms with Gasteiger partial charge in [0, 0.05) is 11.6 Å². The Hall–Kier alpha value is -2.18. The number of nitro groups is 1. The van der Waals surface area contributed by atoms with Crippen molar-refractivity contribution >= 4 is 11.8 Å². The number of methoxy groups -OCH3 is 1. The van der Waals surface area contributed by atoms with Crippen molar-refractivity contribution in [2.24, 2.45) is 0 Å². The Morgan fingerprint density at radius 2 is 2.40 bits per heavy atom. The molecular weight excluding hydrogens is 204 g/mol. The maximum Gasteiger partial charge on any atom is 0.363 e. The number of esters is 1. The van der Waals surface area contributed by atoms with Crippen molar-refractivity contribution in [1.29, 1.82) is 0 Å². The van der Waals surface area contributed by atoms with Crippen LogP contribution in [0.3, 0.4) is 0 Å². The molecule has 1 aromatic rings. The van der Waals surface area contributed by atoms with Crippen LogP contribution in [0.4, 0.5) is 5.82 Å². The molecule has 0 aliphatic heterocycles. The highest BCUT2D eigenvalue weighted by molar-refractivity contribution is 5.73. The van der Waals surface area contributed by atoms with Gasteiger partial charge in [0.2, 0.25) is 0 Å². The molecule has 1 aromatic heterocycles. The maximum atomic E-state index is 10.9. The van der Waals surface area contributed by atoms with E-state index in [-0.39, 0.29) is 17.7 Å². The minimum atomic E-state index is -0.708. The zero-order valence-corrected chi connectivity index (χ0v) is 7.84. The second-order valence-corrected chi connectivity index (χ2v) is 2.68. The van der Waals surface area contributed by atoms with E-state index in [1.54, 1.807) is 0 Å². The van der Waals surface area contributed by atoms with Gasteiger partial charge >= 0.3 is 11.8 Å². The number of carbonyl (C=O) groups excluding carboxylic acids is 1. The summed E-state index contributed by atoms with van der Waals surface area (Å²) >= 11 is 0. The average Bonchev–Trinajstić information content (AvgIpc) is 2.20. The minimum Gasteiger partial charge on any atom is -0.504 e. The quantitative estimate of drug-likeness (QED) is 0.442. The van der Waals surface area contributed by atoms with Gasteiger partial charge in [0.1, 0.15) is 0 Å². The molecule has 1 heterocycles. The highest BCUT2D eigenvalue weighted by Gasteiger charge is 2.15. The van der Waals surface area contributed by atoms with Gasteiger partial charge < -0.3 is 20.0 Å². The predicted octanol–water partition coefficient (Wildman–Crippen LogP) is 0.411. The molecule has 0 saturated heterocycles. The lowest BCUT2D eigenvalue weighted by atomic mass is 10.2. The number of carbonyl (C=O) groups is 1. The van der Waals surface area contributed by atoms with Crippen molar-refractivity contribution in [3.05, 3.63) is 27.9 Å². The molecule has 15 heavy (non-hydrogen) atoms. The SMILES string of the molecule is COC(=O)Cc1cc([N+](=O)[O-])ncc1O. The van der Waals surface area contributed by atoms with Crippen LogP contribution in [0.5, 0.6) is 5.75 Å². The normalized spacial score (nSPS) is 9.67. The molecule has 0 fully saturated rings. The third-order valence-corrected chi connectivity index (χ3v) is 1.70. The third-order valence-electron chi connectivity index (χ3n) is 1.70. The number of rotatable bonds is 3. The highest BCUT2D eigenvalue weighted by Crippen LogP contribution is 2.20. The summed E-state index contributed by atoms with van der Waals surface area (Å²) in [4.78, 5) is 23.9. The van der Waals surface area contributed by atoms with Crippen LogP contribution in [0.15, 0.2) is 12.3 Å². The molecule has 0 unspecified atom stereocenters. The lowest BCUT2D eigenvalue weighted by Crippen LogP contribution is -2.05. The van der Waals surface area contributed by atoms with E-state index in [0.29, 0.717) is 0 Å². The monoisotopic (exact) mass is 212 g/mol. The predicted molar refractivity (Wildman–Crippen MR) is 48.3 cm³/mol. The van der Waals surface area contributed by atoms with Crippen molar-refractivity contribution < 1.29 is 19.6 Å². The van der Waals surface area contributed by atoms with Crippen LogP contribution in [0.2, 0.25) is 0 Å². The van der Waals surface area contributed by atoms with E-state index in [0.717, 1.165) is 12.3 Å². The van der Waals surface area contributed by atoms with Gasteiger partial charge in [-0.05, 0) is 9.91 Å². The van der Waals surface area contributed by atoms with Gasteiger partial charge in [-0.2, -0.15) is 0 Å². The Morgan fingerprint density at radius 3 is 2.93 bits per heavy atom. The van der Waals surface area contributed by atoms with Crippen LogP contribution in [-0.2, 0) is 16.0 Å². The molecule has 0 aromatic carbocycles. The van der Waals surface area contributed by atoms with Gasteiger partial charge in [0.15, 0.2) is 11.9 Å². The number of nitrogens with zero attached hydrogens (tertiary/aromatic N) is 2. The van der Waals surface area contributed by atoms with E-state index in [1.165, 1.54) is 7.11 Å². The number of hydrogen-bond donors (Lipinski definition) is 1. The van der Waals surface area contributed by atoms with Gasteiger partial charge in [-0.3, -0.25) is 4.79 Å². The lowest BCUT2D eigenvalue weighted by molar-refractivity contribution is -0.389. The third kappa shape index (κ3) is 2.63. The molecule has 0 aliphatic carbocycles. The minimum absolute atomic E-state index is 0.114. The summed E-state index contributed by atoms with van der Waals surface area (Å²) in [5.74, 6) is -1.29. The van der Waals surface area contributed by atoms with Crippen LogP contribution in [-0.4, -0.2) is 28.1 Å². The first-order valence-electron chi connectivity index (χ1n) is 3.93. The Morgan fingerprint density at radius 1 is 1.73 bits per heavy atom. The standard InChI is InChI=1S/C8H8N2O5/c1-15-8(12)3-5-2-7(10(13)14)9-4-6(5)11/h2,4,11H,3H2,1H3. The summed E-state index contributed by atoms with van der Waals surface area (Å²) in [5, 5.41) is 19.6. The van der Waals surface area contributed by atoms with E-state index >= 15 is 0 Å². The van der Waals surface area contributed by atoms with E-state index in [1.807, 2.05) is 0 Å². The van der Waals surface area contributed by atoms with Crippen molar-refractivity contribution in [1.82, 2.24) is 4.98 Å². The molecule has 7 nitrogen and oxygen atoms in total. The van der Waals surface area contributed by atoms with Crippen molar-refractivity contribution in [2.45, 2.75) is 6.42 Å². The van der Waals surface area contributed by atoms with Gasteiger partial charge in [-0.25, -0.2) is 0 Å². The molecule has 0 bridgehead atoms. The Balaban J connectivity index is 3.00. The van der Waals surface area contributed by atoms with Gasteiger partial charge in [-0.15, -0.1) is 0 Å². The number of pyridine rings is 1. The van der Waals surface area contributed by atoms with Crippen LogP contribution >= 0.6 is 0 Å². The summed E-state index contributed by atoms with van der Waals surface area (Å²) < 4.78 is 4.37. The molecule has 7 heteroatoms. The first-order valence-corrected chi connectivity index (χ1v) is 3.93. The van der Waals surface area contributed by atoms with E-state index in [2.05, 4.69) is 9.72 Å². The molecule has 0 amide bonds. The first-order chi connectivity index (χ1) is 7.04. The second kappa shape index (κ2) is 4.36. The van der Waals surface area contributed by atoms with Crippen LogP contribution in [0.1, 0.15) is 5.56 Å². The zero-order valence-electron chi connectivity index (χ0n) is 7.84. The molecule has 1 N–H and O–H groups in total. The van der Waals surface area contributed by atoms with Gasteiger partial charge in [0.05, 0.1) is 13.5 Å². The molecule has 1 rings (SSSR count). The first kappa shape index (κ1) is 10.9. The lowest BCUT2D eigenvalue weighted by Gasteiger charge is -2.01. The summed E-state index contributed by atoms with van der Waals surface area (Å²) in [6.07, 6.45) is 0.697. The van der Waals surface area contributed by atoms with Crippen LogP contribution in [0, 0.1) is 10.1 Å². The number of ether oxygens (including phenoxy) is 1. The number of hydrogen-bond acceptors (Lipinski definition) is 6. The van der Waals surface area contributed by atoms with Crippen LogP contribution < -0.4 is 0 Å². The number of aromatic hydroxyl groups is 1. The molecular formula is C8H8N2O5. The van der Waals surface area contributed by atoms with E-state index in [4.69, 9.17) is 0 Å². The summed E-state index contributed by atoms with van der Waals surface area (Å²) in [6, 6.07) is 1.03. The van der Waals surface area contributed by atoms with E-state index < -0.39 is 16.7 Å². The molecule has 0 spiro atoms. The molecule has 0 radical (unpaired) electrons. The smallest absolute Gasteiger partial charge is 0.363 e. The Bertz CT molecular complexity index is 404. The summed E-state index contributed by atoms with van der Waals surface area (Å²) in [7, 11) is 1.19. The van der Waals surface area contributed by atoms with E-state index in [9.17, 15) is 20.0 Å². The second-order valence-electron chi connectivity index (χ2n) is 2.68. The highest BCUT2D eigenvalue weighted by atomic mass is 16.6. The number of aromatic nitrogens is 1. The van der Waals surface area contributed by atoms with Crippen LogP contribution in [0.25, 0.3) is 0 Å². The molecule has 0 aliphatic rings. The molecule has 0 saturated carbocycles. The largest absolute Gasteiger partial charge is 0.504 e. The summed E-state index contributed by atoms with van der Waals surface area (Å²) in [5.41, 5.74) is 0.114. The fourth-order valence-electron chi connectivity index (χ4n) is 0.946. The fourth-order valence-corrected chi connectivity index (χ4v) is 0.946. The van der Waals surface area contributed by atoms with Gasteiger partial charge in [-0.1, -0.05) is 0 Å². The topological polar surface area (TPSA) is 103 Å². The fraction of sp³-hybridized carbons (Fsp3) is 0.250. The zero-order chi connectivity index (χ0) is 11.4. The average molecular weight is 212 g/mol. The molecule has 80 valence electrons. The maximum absolute atomic E-state index is 10.9. The van der Waals surface area contributed by atoms with Crippen molar-refractivity contribution in [3.63, 3.8) is 0 Å². The summed E-state index contributed by atoms with van der Waals surface area (Å²) in [6.45, 7) is 0. The molecule has 0 atom stereocenters. The Kier molecular flexibility index (Phi) is 3.17. The van der Waals surface area contributed by atoms with Crippen molar-refractivity contribution in [2.75, 3.05) is 7.11 Å².